The third kappa shape index (κ3) is 1.94. The van der Waals surface area contributed by atoms with E-state index in [4.69, 9.17) is 10.5 Å². The topological polar surface area (TPSA) is 47.6 Å². The summed E-state index contributed by atoms with van der Waals surface area (Å²) in [6.07, 6.45) is 0. The summed E-state index contributed by atoms with van der Waals surface area (Å²) >= 11 is 9.70. The van der Waals surface area contributed by atoms with Crippen LogP contribution in [0.5, 0.6) is 0 Å². The van der Waals surface area contributed by atoms with Crippen LogP contribution in [0.1, 0.15) is 11.1 Å². The Morgan fingerprint density at radius 2 is 1.46 bits per heavy atom. The smallest absolute Gasteiger partial charge is 0.102 e. The van der Waals surface area contributed by atoms with Crippen molar-refractivity contribution >= 4 is 47.8 Å². The number of benzene rings is 1. The normalized spacial score (nSPS) is 9.00. The lowest BCUT2D eigenvalue weighted by Crippen LogP contribution is -1.88. The molecular weight excluding hydrogens is 364 g/mol. The first-order valence-corrected chi connectivity index (χ1v) is 5.47. The van der Waals surface area contributed by atoms with Crippen LogP contribution in [0.15, 0.2) is 19.5 Å². The summed E-state index contributed by atoms with van der Waals surface area (Å²) in [4.78, 5) is 0. The van der Waals surface area contributed by atoms with Gasteiger partial charge in [0.05, 0.1) is 15.6 Å². The van der Waals surface area contributed by atoms with Crippen molar-refractivity contribution < 1.29 is 0 Å². The van der Waals surface area contributed by atoms with Gasteiger partial charge in [0, 0.05) is 8.95 Å². The quantitative estimate of drug-likeness (QED) is 0.659. The summed E-state index contributed by atoms with van der Waals surface area (Å²) in [5, 5.41) is 17.6. The first-order chi connectivity index (χ1) is 6.11. The molecule has 1 aromatic carbocycles. The first kappa shape index (κ1) is 10.7. The zero-order valence-corrected chi connectivity index (χ0v) is 10.9. The van der Waals surface area contributed by atoms with Crippen molar-refractivity contribution in [2.24, 2.45) is 0 Å². The van der Waals surface area contributed by atoms with E-state index in [-0.39, 0.29) is 0 Å². The molecule has 0 aliphatic carbocycles. The average molecular weight is 365 g/mol. The molecule has 5 heteroatoms. The van der Waals surface area contributed by atoms with Crippen LogP contribution in [0.4, 0.5) is 0 Å². The monoisotopic (exact) mass is 362 g/mol. The Hall–Kier alpha value is -0.360. The summed E-state index contributed by atoms with van der Waals surface area (Å²) in [5.41, 5.74) is 0.682. The fourth-order valence-corrected chi connectivity index (χ4v) is 2.46. The highest BCUT2D eigenvalue weighted by molar-refractivity contribution is 9.13. The Labute approximate surface area is 101 Å². The highest BCUT2D eigenvalue weighted by Crippen LogP contribution is 2.33. The van der Waals surface area contributed by atoms with E-state index in [0.29, 0.717) is 20.1 Å². The summed E-state index contributed by atoms with van der Waals surface area (Å²) in [6.45, 7) is 0. The van der Waals surface area contributed by atoms with Crippen LogP contribution >= 0.6 is 47.8 Å². The second-order valence-corrected chi connectivity index (χ2v) is 4.63. The van der Waals surface area contributed by atoms with Gasteiger partial charge in [-0.1, -0.05) is 0 Å². The van der Waals surface area contributed by atoms with E-state index in [1.807, 2.05) is 12.1 Å². The van der Waals surface area contributed by atoms with Crippen LogP contribution in [-0.2, 0) is 0 Å². The highest BCUT2D eigenvalue weighted by atomic mass is 79.9. The minimum atomic E-state index is 0.337. The van der Waals surface area contributed by atoms with Crippen molar-refractivity contribution in [1.29, 1.82) is 10.5 Å². The van der Waals surface area contributed by atoms with Gasteiger partial charge in [-0.25, -0.2) is 0 Å². The van der Waals surface area contributed by atoms with Crippen LogP contribution < -0.4 is 0 Å². The van der Waals surface area contributed by atoms with Gasteiger partial charge in [-0.2, -0.15) is 10.5 Å². The van der Waals surface area contributed by atoms with E-state index in [1.54, 1.807) is 6.07 Å². The molecule has 0 aliphatic rings. The third-order valence-electron chi connectivity index (χ3n) is 1.40. The Balaban J connectivity index is 3.66. The minimum absolute atomic E-state index is 0.337. The molecule has 2 nitrogen and oxygen atoms in total. The number of hydrogen-bond acceptors (Lipinski definition) is 2. The number of nitrogens with zero attached hydrogens (tertiary/aromatic N) is 2. The molecule has 0 N–H and O–H groups in total. The maximum Gasteiger partial charge on any atom is 0.102 e. The number of hydrogen-bond donors (Lipinski definition) is 0. The molecule has 0 spiro atoms. The molecule has 13 heavy (non-hydrogen) atoms. The van der Waals surface area contributed by atoms with E-state index >= 15 is 0 Å². The summed E-state index contributed by atoms with van der Waals surface area (Å²) in [7, 11) is 0. The Bertz CT molecular complexity index is 440. The predicted octanol–water partition coefficient (Wildman–Crippen LogP) is 3.72. The van der Waals surface area contributed by atoms with E-state index in [1.165, 1.54) is 0 Å². The maximum absolute atomic E-state index is 8.81. The first-order valence-electron chi connectivity index (χ1n) is 3.09. The molecule has 0 amide bonds. The second-order valence-electron chi connectivity index (χ2n) is 2.13. The van der Waals surface area contributed by atoms with Gasteiger partial charge in [0.1, 0.15) is 12.1 Å². The van der Waals surface area contributed by atoms with Crippen molar-refractivity contribution in [3.8, 4) is 12.1 Å². The van der Waals surface area contributed by atoms with Crippen LogP contribution in [0.3, 0.4) is 0 Å². The molecule has 1 rings (SSSR count). The average Bonchev–Trinajstić information content (AvgIpc) is 2.10. The van der Waals surface area contributed by atoms with E-state index < -0.39 is 0 Å². The molecule has 0 heterocycles. The van der Waals surface area contributed by atoms with Gasteiger partial charge in [0.2, 0.25) is 0 Å². The second kappa shape index (κ2) is 4.23. The Morgan fingerprint density at radius 3 is 1.92 bits per heavy atom. The Kier molecular flexibility index (Phi) is 3.49. The van der Waals surface area contributed by atoms with Crippen LogP contribution in [0, 0.1) is 22.7 Å². The standard InChI is InChI=1S/C8HBr3N2/c9-6-1-7(10)8(11)5(3-13)4(6)2-12/h1H. The number of rotatable bonds is 0. The van der Waals surface area contributed by atoms with Gasteiger partial charge in [-0.15, -0.1) is 0 Å². The van der Waals surface area contributed by atoms with Crippen LogP contribution in [-0.4, -0.2) is 0 Å². The largest absolute Gasteiger partial charge is 0.192 e. The zero-order chi connectivity index (χ0) is 10.0. The molecule has 0 radical (unpaired) electrons. The van der Waals surface area contributed by atoms with Gasteiger partial charge in [0.25, 0.3) is 0 Å². The molecule has 0 fully saturated rings. The molecule has 0 aliphatic heterocycles. The van der Waals surface area contributed by atoms with E-state index in [0.717, 1.165) is 4.47 Å². The lowest BCUT2D eigenvalue weighted by molar-refractivity contribution is 1.38. The molecule has 0 aromatic heterocycles. The van der Waals surface area contributed by atoms with Gasteiger partial charge < -0.3 is 0 Å². The van der Waals surface area contributed by atoms with E-state index in [9.17, 15) is 0 Å². The van der Waals surface area contributed by atoms with Gasteiger partial charge >= 0.3 is 0 Å². The molecule has 0 bridgehead atoms. The molecule has 0 saturated heterocycles. The Morgan fingerprint density at radius 1 is 0.923 bits per heavy atom. The number of nitriles is 2. The van der Waals surface area contributed by atoms with Crippen molar-refractivity contribution in [2.45, 2.75) is 0 Å². The molecule has 64 valence electrons. The maximum atomic E-state index is 8.81. The summed E-state index contributed by atoms with van der Waals surface area (Å²) in [5.74, 6) is 0. The zero-order valence-electron chi connectivity index (χ0n) is 6.11. The van der Waals surface area contributed by atoms with Crippen molar-refractivity contribution in [1.82, 2.24) is 0 Å². The summed E-state index contributed by atoms with van der Waals surface area (Å²) in [6, 6.07) is 5.66. The summed E-state index contributed by atoms with van der Waals surface area (Å²) < 4.78 is 1.96. The van der Waals surface area contributed by atoms with E-state index in [2.05, 4.69) is 47.8 Å². The van der Waals surface area contributed by atoms with Crippen LogP contribution in [0.25, 0.3) is 0 Å². The van der Waals surface area contributed by atoms with Gasteiger partial charge in [-0.3, -0.25) is 0 Å². The molecule has 1 aromatic rings. The van der Waals surface area contributed by atoms with Gasteiger partial charge in [-0.05, 0) is 53.9 Å². The third-order valence-corrected chi connectivity index (χ3v) is 4.00. The molecular formula is C8HBr3N2. The van der Waals surface area contributed by atoms with Crippen molar-refractivity contribution in [3.63, 3.8) is 0 Å². The SMILES string of the molecule is N#Cc1c(Br)cc(Br)c(Br)c1C#N. The minimum Gasteiger partial charge on any atom is -0.192 e. The highest BCUT2D eigenvalue weighted by Gasteiger charge is 2.13. The molecule has 0 atom stereocenters. The van der Waals surface area contributed by atoms with Gasteiger partial charge in [0.15, 0.2) is 0 Å². The molecule has 0 unspecified atom stereocenters. The lowest BCUT2D eigenvalue weighted by Gasteiger charge is -2.02. The molecule has 0 saturated carbocycles. The predicted molar refractivity (Wildman–Crippen MR) is 59.0 cm³/mol. The van der Waals surface area contributed by atoms with Crippen LogP contribution in [0.2, 0.25) is 0 Å². The fourth-order valence-electron chi connectivity index (χ4n) is 0.810. The number of halogens is 3. The lowest BCUT2D eigenvalue weighted by atomic mass is 10.1. The fraction of sp³-hybridized carbons (Fsp3) is 0. The van der Waals surface area contributed by atoms with Crippen molar-refractivity contribution in [2.75, 3.05) is 0 Å². The van der Waals surface area contributed by atoms with Crippen molar-refractivity contribution in [3.05, 3.63) is 30.6 Å².